The van der Waals surface area contributed by atoms with Crippen molar-refractivity contribution in [3.8, 4) is 0 Å². The van der Waals surface area contributed by atoms with Gasteiger partial charge in [-0.25, -0.2) is 0 Å². The minimum Gasteiger partial charge on any atom is -0.342 e. The van der Waals surface area contributed by atoms with Gasteiger partial charge in [-0.05, 0) is 30.7 Å². The lowest BCUT2D eigenvalue weighted by Crippen LogP contribution is -1.98. The number of ketones is 1. The number of benzene rings is 2. The third-order valence-corrected chi connectivity index (χ3v) is 3.96. The van der Waals surface area contributed by atoms with E-state index in [-0.39, 0.29) is 5.78 Å². The van der Waals surface area contributed by atoms with Crippen LogP contribution in [-0.2, 0) is 6.54 Å². The Labute approximate surface area is 126 Å². The SMILES string of the molecule is CC(=O)c1cn(Cc2ccc(Br)cc2)c2ccccc12. The van der Waals surface area contributed by atoms with Gasteiger partial charge in [0.25, 0.3) is 0 Å². The molecule has 2 nitrogen and oxygen atoms in total. The van der Waals surface area contributed by atoms with E-state index in [0.29, 0.717) is 0 Å². The topological polar surface area (TPSA) is 22.0 Å². The molecule has 1 heterocycles. The summed E-state index contributed by atoms with van der Waals surface area (Å²) >= 11 is 3.44. The molecule has 0 spiro atoms. The molecule has 0 radical (unpaired) electrons. The highest BCUT2D eigenvalue weighted by atomic mass is 79.9. The lowest BCUT2D eigenvalue weighted by molar-refractivity contribution is 0.101. The maximum atomic E-state index is 11.8. The Hall–Kier alpha value is -1.87. The fourth-order valence-corrected chi connectivity index (χ4v) is 2.71. The lowest BCUT2D eigenvalue weighted by atomic mass is 10.1. The quantitative estimate of drug-likeness (QED) is 0.641. The summed E-state index contributed by atoms with van der Waals surface area (Å²) in [4.78, 5) is 11.8. The first-order valence-corrected chi connectivity index (χ1v) is 7.28. The highest BCUT2D eigenvalue weighted by Gasteiger charge is 2.11. The number of hydrogen-bond acceptors (Lipinski definition) is 1. The maximum Gasteiger partial charge on any atom is 0.161 e. The third kappa shape index (κ3) is 2.41. The fourth-order valence-electron chi connectivity index (χ4n) is 2.44. The van der Waals surface area contributed by atoms with Crippen molar-refractivity contribution in [2.75, 3.05) is 0 Å². The second kappa shape index (κ2) is 5.25. The van der Waals surface area contributed by atoms with Gasteiger partial charge in [0.05, 0.1) is 0 Å². The number of para-hydroxylation sites is 1. The van der Waals surface area contributed by atoms with E-state index < -0.39 is 0 Å². The molecule has 0 N–H and O–H groups in total. The molecule has 0 unspecified atom stereocenters. The maximum absolute atomic E-state index is 11.8. The molecule has 0 amide bonds. The molecule has 3 heteroatoms. The number of carbonyl (C=O) groups excluding carboxylic acids is 1. The Morgan fingerprint density at radius 2 is 1.80 bits per heavy atom. The molecule has 20 heavy (non-hydrogen) atoms. The standard InChI is InChI=1S/C17H14BrNO/c1-12(20)16-11-19(17-5-3-2-4-15(16)17)10-13-6-8-14(18)9-7-13/h2-9,11H,10H2,1H3. The molecule has 3 rings (SSSR count). The Kier molecular flexibility index (Phi) is 3.45. The van der Waals surface area contributed by atoms with Gasteiger partial charge in [-0.2, -0.15) is 0 Å². The summed E-state index contributed by atoms with van der Waals surface area (Å²) in [6.07, 6.45) is 1.95. The van der Waals surface area contributed by atoms with Crippen LogP contribution < -0.4 is 0 Å². The Bertz CT molecular complexity index is 771. The van der Waals surface area contributed by atoms with Gasteiger partial charge in [0, 0.05) is 33.7 Å². The van der Waals surface area contributed by atoms with Crippen molar-refractivity contribution in [2.45, 2.75) is 13.5 Å². The van der Waals surface area contributed by atoms with Crippen molar-refractivity contribution in [2.24, 2.45) is 0 Å². The molecular formula is C17H14BrNO. The van der Waals surface area contributed by atoms with Crippen molar-refractivity contribution in [1.82, 2.24) is 4.57 Å². The number of halogens is 1. The molecule has 0 atom stereocenters. The van der Waals surface area contributed by atoms with E-state index >= 15 is 0 Å². The molecule has 2 aromatic carbocycles. The van der Waals surface area contributed by atoms with Crippen molar-refractivity contribution >= 4 is 32.6 Å². The lowest BCUT2D eigenvalue weighted by Gasteiger charge is -2.05. The van der Waals surface area contributed by atoms with Gasteiger partial charge in [-0.1, -0.05) is 46.3 Å². The first kappa shape index (κ1) is 13.1. The summed E-state index contributed by atoms with van der Waals surface area (Å²) in [5, 5.41) is 1.03. The van der Waals surface area contributed by atoms with E-state index in [1.165, 1.54) is 5.56 Å². The minimum absolute atomic E-state index is 0.107. The zero-order chi connectivity index (χ0) is 14.1. The van der Waals surface area contributed by atoms with Gasteiger partial charge in [0.2, 0.25) is 0 Å². The highest BCUT2D eigenvalue weighted by Crippen LogP contribution is 2.23. The van der Waals surface area contributed by atoms with Gasteiger partial charge in [0.1, 0.15) is 0 Å². The molecule has 0 saturated carbocycles. The van der Waals surface area contributed by atoms with Crippen LogP contribution in [0.25, 0.3) is 10.9 Å². The zero-order valence-corrected chi connectivity index (χ0v) is 12.7. The number of Topliss-reactive ketones (excluding diaryl/α,β-unsaturated/α-hetero) is 1. The third-order valence-electron chi connectivity index (χ3n) is 3.43. The average Bonchev–Trinajstić information content (AvgIpc) is 2.81. The molecule has 0 aliphatic carbocycles. The Morgan fingerprint density at radius 3 is 2.50 bits per heavy atom. The summed E-state index contributed by atoms with van der Waals surface area (Å²) in [5.41, 5.74) is 3.10. The number of carbonyl (C=O) groups is 1. The fraction of sp³-hybridized carbons (Fsp3) is 0.118. The van der Waals surface area contributed by atoms with E-state index in [0.717, 1.165) is 27.5 Å². The van der Waals surface area contributed by atoms with Crippen molar-refractivity contribution in [3.63, 3.8) is 0 Å². The molecule has 0 aliphatic heterocycles. The predicted octanol–water partition coefficient (Wildman–Crippen LogP) is 4.65. The monoisotopic (exact) mass is 327 g/mol. The number of fused-ring (bicyclic) bond motifs is 1. The van der Waals surface area contributed by atoms with Crippen LogP contribution in [0.4, 0.5) is 0 Å². The van der Waals surface area contributed by atoms with Crippen LogP contribution in [0.3, 0.4) is 0 Å². The van der Waals surface area contributed by atoms with Crippen molar-refractivity contribution in [3.05, 3.63) is 70.3 Å². The van der Waals surface area contributed by atoms with Crippen LogP contribution in [0.2, 0.25) is 0 Å². The van der Waals surface area contributed by atoms with E-state index in [1.54, 1.807) is 6.92 Å². The Balaban J connectivity index is 2.07. The van der Waals surface area contributed by atoms with Crippen LogP contribution in [0.1, 0.15) is 22.8 Å². The van der Waals surface area contributed by atoms with Gasteiger partial charge in [-0.3, -0.25) is 4.79 Å². The van der Waals surface area contributed by atoms with Crippen LogP contribution in [0, 0.1) is 0 Å². The van der Waals surface area contributed by atoms with Crippen LogP contribution in [0.15, 0.2) is 59.2 Å². The average molecular weight is 328 g/mol. The number of aromatic nitrogens is 1. The first-order chi connectivity index (χ1) is 9.65. The summed E-state index contributed by atoms with van der Waals surface area (Å²) in [5.74, 6) is 0.107. The summed E-state index contributed by atoms with van der Waals surface area (Å²) < 4.78 is 3.21. The second-order valence-electron chi connectivity index (χ2n) is 4.87. The largest absolute Gasteiger partial charge is 0.342 e. The molecule has 1 aromatic heterocycles. The molecule has 0 bridgehead atoms. The first-order valence-electron chi connectivity index (χ1n) is 6.48. The second-order valence-corrected chi connectivity index (χ2v) is 5.79. The smallest absolute Gasteiger partial charge is 0.161 e. The molecule has 0 fully saturated rings. The predicted molar refractivity (Wildman–Crippen MR) is 85.2 cm³/mol. The number of rotatable bonds is 3. The van der Waals surface area contributed by atoms with E-state index in [2.05, 4.69) is 38.7 Å². The number of hydrogen-bond donors (Lipinski definition) is 0. The van der Waals surface area contributed by atoms with E-state index in [4.69, 9.17) is 0 Å². The molecule has 0 aliphatic rings. The van der Waals surface area contributed by atoms with Gasteiger partial charge in [0.15, 0.2) is 5.78 Å². The van der Waals surface area contributed by atoms with Crippen molar-refractivity contribution in [1.29, 1.82) is 0 Å². The summed E-state index contributed by atoms with van der Waals surface area (Å²) in [6.45, 7) is 2.38. The van der Waals surface area contributed by atoms with Gasteiger partial charge in [-0.15, -0.1) is 0 Å². The van der Waals surface area contributed by atoms with Crippen LogP contribution in [-0.4, -0.2) is 10.4 Å². The van der Waals surface area contributed by atoms with Gasteiger partial charge >= 0.3 is 0 Å². The number of nitrogens with zero attached hydrogens (tertiary/aromatic N) is 1. The highest BCUT2D eigenvalue weighted by molar-refractivity contribution is 9.10. The Morgan fingerprint density at radius 1 is 1.10 bits per heavy atom. The molecule has 0 saturated heterocycles. The zero-order valence-electron chi connectivity index (χ0n) is 11.1. The van der Waals surface area contributed by atoms with Crippen LogP contribution >= 0.6 is 15.9 Å². The molecular weight excluding hydrogens is 314 g/mol. The minimum atomic E-state index is 0.107. The molecule has 100 valence electrons. The van der Waals surface area contributed by atoms with Crippen molar-refractivity contribution < 1.29 is 4.79 Å². The van der Waals surface area contributed by atoms with Gasteiger partial charge < -0.3 is 4.57 Å². The summed E-state index contributed by atoms with van der Waals surface area (Å²) in [7, 11) is 0. The summed E-state index contributed by atoms with van der Waals surface area (Å²) in [6, 6.07) is 16.3. The molecule has 3 aromatic rings. The van der Waals surface area contributed by atoms with Crippen LogP contribution in [0.5, 0.6) is 0 Å². The normalized spacial score (nSPS) is 10.9. The van der Waals surface area contributed by atoms with E-state index in [9.17, 15) is 4.79 Å². The van der Waals surface area contributed by atoms with E-state index in [1.807, 2.05) is 36.5 Å².